The molecule has 0 saturated carbocycles. The Kier molecular flexibility index (Phi) is 5.62. The molecule has 1 N–H and O–H groups in total. The number of pyridine rings is 1. The van der Waals surface area contributed by atoms with Gasteiger partial charge in [-0.1, -0.05) is 0 Å². The second kappa shape index (κ2) is 7.25. The van der Waals surface area contributed by atoms with Gasteiger partial charge in [-0.05, 0) is 43.7 Å². The van der Waals surface area contributed by atoms with Crippen LogP contribution in [0.2, 0.25) is 0 Å². The molecule has 1 aromatic rings. The van der Waals surface area contributed by atoms with Crippen molar-refractivity contribution in [3.8, 4) is 6.07 Å². The first-order valence-corrected chi connectivity index (χ1v) is 9.87. The van der Waals surface area contributed by atoms with Gasteiger partial charge in [0.25, 0.3) is 0 Å². The molecule has 1 aliphatic rings. The van der Waals surface area contributed by atoms with E-state index >= 15 is 0 Å². The van der Waals surface area contributed by atoms with Gasteiger partial charge >= 0.3 is 0 Å². The third-order valence-electron chi connectivity index (χ3n) is 3.31. The molecule has 0 spiro atoms. The monoisotopic (exact) mass is 325 g/mol. The van der Waals surface area contributed by atoms with Crippen LogP contribution in [0.3, 0.4) is 0 Å². The Morgan fingerprint density at radius 3 is 2.90 bits per heavy atom. The number of thioether (sulfide) groups is 1. The molecule has 0 aromatic carbocycles. The maximum atomic E-state index is 11.0. The zero-order valence-electron chi connectivity index (χ0n) is 12.1. The van der Waals surface area contributed by atoms with Crippen molar-refractivity contribution in [2.75, 3.05) is 18.6 Å². The number of aryl methyl sites for hydroxylation is 2. The molecule has 1 aliphatic carbocycles. The van der Waals surface area contributed by atoms with E-state index in [0.717, 1.165) is 42.0 Å². The van der Waals surface area contributed by atoms with E-state index in [1.54, 1.807) is 0 Å². The van der Waals surface area contributed by atoms with E-state index in [-0.39, 0.29) is 0 Å². The lowest BCUT2D eigenvalue weighted by Gasteiger charge is -2.16. The Balaban J connectivity index is 1.95. The van der Waals surface area contributed by atoms with Crippen LogP contribution < -0.4 is 4.72 Å². The van der Waals surface area contributed by atoms with E-state index in [1.165, 1.54) is 23.7 Å². The average molecular weight is 325 g/mol. The van der Waals surface area contributed by atoms with Crippen molar-refractivity contribution < 1.29 is 8.42 Å². The molecule has 114 valence electrons. The normalized spacial score (nSPS) is 14.5. The first-order valence-electron chi connectivity index (χ1n) is 7.00. The van der Waals surface area contributed by atoms with Gasteiger partial charge in [0.1, 0.15) is 11.1 Å². The van der Waals surface area contributed by atoms with Crippen LogP contribution >= 0.6 is 11.8 Å². The molecular weight excluding hydrogens is 306 g/mol. The average Bonchev–Trinajstić information content (AvgIpc) is 2.44. The number of nitrogens with zero attached hydrogens (tertiary/aromatic N) is 2. The van der Waals surface area contributed by atoms with Crippen molar-refractivity contribution in [2.24, 2.45) is 0 Å². The van der Waals surface area contributed by atoms with Gasteiger partial charge in [0, 0.05) is 18.0 Å². The van der Waals surface area contributed by atoms with Gasteiger partial charge < -0.3 is 0 Å². The Hall–Kier alpha value is -1.10. The van der Waals surface area contributed by atoms with Crippen LogP contribution in [0.25, 0.3) is 0 Å². The summed E-state index contributed by atoms with van der Waals surface area (Å²) in [5.74, 6) is 0.739. The lowest BCUT2D eigenvalue weighted by atomic mass is 9.95. The second-order valence-corrected chi connectivity index (χ2v) is 8.05. The third kappa shape index (κ3) is 4.99. The predicted octanol–water partition coefficient (Wildman–Crippen LogP) is 1.86. The fourth-order valence-corrected chi connectivity index (χ4v) is 3.74. The molecule has 2 rings (SSSR count). The van der Waals surface area contributed by atoms with Crippen LogP contribution in [-0.2, 0) is 22.9 Å². The smallest absolute Gasteiger partial charge is 0.208 e. The fraction of sp³-hybridized carbons (Fsp3) is 0.571. The van der Waals surface area contributed by atoms with Crippen LogP contribution in [0.15, 0.2) is 11.1 Å². The predicted molar refractivity (Wildman–Crippen MR) is 83.8 cm³/mol. The molecule has 0 fully saturated rings. The standard InChI is InChI=1S/C14H19N3O2S2/c1-21(18,19)16-7-4-8-20-14-12(10-15)9-11-5-2-3-6-13(11)17-14/h9,16H,2-8H2,1H3. The second-order valence-electron chi connectivity index (χ2n) is 5.13. The number of rotatable bonds is 6. The molecule has 0 bridgehead atoms. The number of aromatic nitrogens is 1. The fourth-order valence-electron chi connectivity index (χ4n) is 2.30. The minimum Gasteiger partial charge on any atom is -0.245 e. The van der Waals surface area contributed by atoms with Gasteiger partial charge in [0.05, 0.1) is 11.8 Å². The lowest BCUT2D eigenvalue weighted by Crippen LogP contribution is -2.23. The number of hydrogen-bond acceptors (Lipinski definition) is 5. The minimum atomic E-state index is -3.12. The largest absolute Gasteiger partial charge is 0.245 e. The summed E-state index contributed by atoms with van der Waals surface area (Å²) in [7, 11) is -3.12. The first-order chi connectivity index (χ1) is 9.99. The SMILES string of the molecule is CS(=O)(=O)NCCCSc1nc2c(cc1C#N)CCCC2. The zero-order chi connectivity index (χ0) is 15.3. The molecule has 0 saturated heterocycles. The van der Waals surface area contributed by atoms with Crippen molar-refractivity contribution in [1.29, 1.82) is 5.26 Å². The molecule has 7 heteroatoms. The van der Waals surface area contributed by atoms with Crippen LogP contribution in [-0.4, -0.2) is 32.0 Å². The van der Waals surface area contributed by atoms with Gasteiger partial charge in [-0.3, -0.25) is 0 Å². The molecule has 0 atom stereocenters. The first kappa shape index (κ1) is 16.3. The molecule has 1 heterocycles. The van der Waals surface area contributed by atoms with Gasteiger partial charge in [-0.25, -0.2) is 18.1 Å². The van der Waals surface area contributed by atoms with Gasteiger partial charge in [-0.2, -0.15) is 5.26 Å². The molecule has 0 aliphatic heterocycles. The highest BCUT2D eigenvalue weighted by Crippen LogP contribution is 2.27. The number of hydrogen-bond donors (Lipinski definition) is 1. The van der Waals surface area contributed by atoms with Crippen molar-refractivity contribution in [3.05, 3.63) is 22.9 Å². The van der Waals surface area contributed by atoms with Gasteiger partial charge in [0.15, 0.2) is 0 Å². The summed E-state index contributed by atoms with van der Waals surface area (Å²) in [6, 6.07) is 4.19. The molecule has 0 amide bonds. The van der Waals surface area contributed by atoms with E-state index in [2.05, 4.69) is 15.8 Å². The van der Waals surface area contributed by atoms with Crippen LogP contribution in [0.1, 0.15) is 36.1 Å². The third-order valence-corrected chi connectivity index (χ3v) is 5.12. The highest BCUT2D eigenvalue weighted by Gasteiger charge is 2.15. The molecular formula is C14H19N3O2S2. The Labute approximate surface area is 130 Å². The summed E-state index contributed by atoms with van der Waals surface area (Å²) in [4.78, 5) is 4.63. The van der Waals surface area contributed by atoms with Crippen molar-refractivity contribution in [3.63, 3.8) is 0 Å². The van der Waals surface area contributed by atoms with E-state index in [1.807, 2.05) is 6.07 Å². The number of nitriles is 1. The van der Waals surface area contributed by atoms with Crippen molar-refractivity contribution in [1.82, 2.24) is 9.71 Å². The lowest BCUT2D eigenvalue weighted by molar-refractivity contribution is 0.587. The van der Waals surface area contributed by atoms with Crippen LogP contribution in [0.5, 0.6) is 0 Å². The molecule has 0 unspecified atom stereocenters. The number of sulfonamides is 1. The Morgan fingerprint density at radius 1 is 1.43 bits per heavy atom. The Morgan fingerprint density at radius 2 is 2.19 bits per heavy atom. The van der Waals surface area contributed by atoms with Crippen molar-refractivity contribution >= 4 is 21.8 Å². The Bertz CT molecular complexity index is 651. The molecule has 1 aromatic heterocycles. The van der Waals surface area contributed by atoms with Crippen LogP contribution in [0.4, 0.5) is 0 Å². The zero-order valence-corrected chi connectivity index (χ0v) is 13.7. The topological polar surface area (TPSA) is 82.8 Å². The van der Waals surface area contributed by atoms with Crippen LogP contribution in [0, 0.1) is 11.3 Å². The van der Waals surface area contributed by atoms with Gasteiger partial charge in [-0.15, -0.1) is 11.8 Å². The number of fused-ring (bicyclic) bond motifs is 1. The van der Waals surface area contributed by atoms with Gasteiger partial charge in [0.2, 0.25) is 10.0 Å². The van der Waals surface area contributed by atoms with Crippen molar-refractivity contribution in [2.45, 2.75) is 37.1 Å². The minimum absolute atomic E-state index is 0.415. The summed E-state index contributed by atoms with van der Waals surface area (Å²) < 4.78 is 24.4. The molecule has 5 nitrogen and oxygen atoms in total. The maximum Gasteiger partial charge on any atom is 0.208 e. The van der Waals surface area contributed by atoms with E-state index in [0.29, 0.717) is 18.5 Å². The summed E-state index contributed by atoms with van der Waals surface area (Å²) in [5.41, 5.74) is 2.97. The summed E-state index contributed by atoms with van der Waals surface area (Å²) in [5, 5.41) is 10.0. The molecule has 0 radical (unpaired) electrons. The summed E-state index contributed by atoms with van der Waals surface area (Å²) in [6.07, 6.45) is 6.20. The van der Waals surface area contributed by atoms with E-state index in [9.17, 15) is 13.7 Å². The maximum absolute atomic E-state index is 11.0. The summed E-state index contributed by atoms with van der Waals surface area (Å²) >= 11 is 1.53. The summed E-state index contributed by atoms with van der Waals surface area (Å²) in [6.45, 7) is 0.415. The highest BCUT2D eigenvalue weighted by atomic mass is 32.2. The quantitative estimate of drug-likeness (QED) is 0.637. The number of nitrogens with one attached hydrogen (secondary N) is 1. The van der Waals surface area contributed by atoms with E-state index < -0.39 is 10.0 Å². The van der Waals surface area contributed by atoms with E-state index in [4.69, 9.17) is 0 Å². The molecule has 21 heavy (non-hydrogen) atoms. The highest BCUT2D eigenvalue weighted by molar-refractivity contribution is 7.99.